The van der Waals surface area contributed by atoms with Gasteiger partial charge in [-0.2, -0.15) is 0 Å². The highest BCUT2D eigenvalue weighted by Crippen LogP contribution is 2.21. The van der Waals surface area contributed by atoms with Gasteiger partial charge in [-0.15, -0.1) is 0 Å². The van der Waals surface area contributed by atoms with Crippen LogP contribution in [0.25, 0.3) is 0 Å². The highest BCUT2D eigenvalue weighted by molar-refractivity contribution is 5.90. The van der Waals surface area contributed by atoms with Gasteiger partial charge in [0.1, 0.15) is 0 Å². The van der Waals surface area contributed by atoms with E-state index in [1.807, 2.05) is 24.3 Å². The topological polar surface area (TPSA) is 93.9 Å². The molecule has 27 heavy (non-hydrogen) atoms. The Morgan fingerprint density at radius 3 is 2.37 bits per heavy atom. The molecule has 0 spiro atoms. The number of carbonyl (C=O) groups is 2. The number of hydrogen-bond acceptors (Lipinski definition) is 5. The van der Waals surface area contributed by atoms with Gasteiger partial charge in [-0.05, 0) is 24.1 Å². The molecule has 0 atom stereocenters. The van der Waals surface area contributed by atoms with Crippen molar-refractivity contribution >= 4 is 17.5 Å². The van der Waals surface area contributed by atoms with Crippen molar-refractivity contribution in [1.82, 2.24) is 4.90 Å². The molecule has 1 aromatic carbocycles. The first-order valence-electron chi connectivity index (χ1n) is 9.32. The Hall–Kier alpha value is -2.22. The number of benzene rings is 1. The average Bonchev–Trinajstić information content (AvgIpc) is 2.65. The summed E-state index contributed by atoms with van der Waals surface area (Å²) in [7, 11) is 0. The van der Waals surface area contributed by atoms with Crippen LogP contribution in [-0.2, 0) is 25.5 Å². The second-order valence-corrected chi connectivity index (χ2v) is 6.37. The van der Waals surface area contributed by atoms with Gasteiger partial charge in [-0.1, -0.05) is 18.7 Å². The lowest BCUT2D eigenvalue weighted by atomic mass is 10.1. The molecule has 148 valence electrons. The number of nitrogens with two attached hydrogens (primary N) is 1. The number of nitrogens with zero attached hydrogens (tertiary/aromatic N) is 1. The van der Waals surface area contributed by atoms with Crippen LogP contribution in [0.1, 0.15) is 24.8 Å². The van der Waals surface area contributed by atoms with Crippen molar-refractivity contribution in [3.8, 4) is 0 Å². The maximum atomic E-state index is 12.0. The van der Waals surface area contributed by atoms with E-state index >= 15 is 0 Å². The Morgan fingerprint density at radius 1 is 1.07 bits per heavy atom. The molecular formula is C20H29N3O4. The first-order chi connectivity index (χ1) is 13.1. The Bertz CT molecular complexity index is 631. The molecule has 2 amide bonds. The predicted octanol–water partition coefficient (Wildman–Crippen LogP) is 1.69. The Kier molecular flexibility index (Phi) is 8.97. The summed E-state index contributed by atoms with van der Waals surface area (Å²) >= 11 is 0. The van der Waals surface area contributed by atoms with Crippen LogP contribution in [-0.4, -0.2) is 56.2 Å². The third kappa shape index (κ3) is 7.50. The Balaban J connectivity index is 1.61. The lowest BCUT2D eigenvalue weighted by Gasteiger charge is -2.33. The average molecular weight is 375 g/mol. The van der Waals surface area contributed by atoms with Gasteiger partial charge in [0, 0.05) is 37.3 Å². The molecular weight excluding hydrogens is 346 g/mol. The molecule has 2 rings (SSSR count). The minimum Gasteiger partial charge on any atom is -0.379 e. The SMILES string of the molecule is C=C1CCN1C(=O)CCc1ccc(NC(=O)CCOCCOCCN)cc1. The first-order valence-corrected chi connectivity index (χ1v) is 9.32. The molecule has 1 aromatic rings. The van der Waals surface area contributed by atoms with Crippen molar-refractivity contribution < 1.29 is 19.1 Å². The summed E-state index contributed by atoms with van der Waals surface area (Å²) in [4.78, 5) is 25.6. The fourth-order valence-electron chi connectivity index (χ4n) is 2.62. The molecule has 1 heterocycles. The number of hydrogen-bond donors (Lipinski definition) is 2. The summed E-state index contributed by atoms with van der Waals surface area (Å²) in [5.74, 6) is 0.0224. The summed E-state index contributed by atoms with van der Waals surface area (Å²) in [5, 5.41) is 2.83. The third-order valence-corrected chi connectivity index (χ3v) is 4.28. The second kappa shape index (κ2) is 11.5. The van der Waals surface area contributed by atoms with Crippen LogP contribution in [0.3, 0.4) is 0 Å². The van der Waals surface area contributed by atoms with Crippen molar-refractivity contribution in [1.29, 1.82) is 0 Å². The van der Waals surface area contributed by atoms with Crippen LogP contribution in [0.5, 0.6) is 0 Å². The van der Waals surface area contributed by atoms with E-state index in [0.29, 0.717) is 45.8 Å². The lowest BCUT2D eigenvalue weighted by molar-refractivity contribution is -0.131. The largest absolute Gasteiger partial charge is 0.379 e. The minimum absolute atomic E-state index is 0.0999. The monoisotopic (exact) mass is 375 g/mol. The molecule has 7 nitrogen and oxygen atoms in total. The van der Waals surface area contributed by atoms with Crippen molar-refractivity contribution in [3.05, 3.63) is 42.1 Å². The molecule has 1 aliphatic rings. The number of amides is 2. The number of ether oxygens (including phenoxy) is 2. The zero-order valence-electron chi connectivity index (χ0n) is 15.7. The van der Waals surface area contributed by atoms with Gasteiger partial charge in [0.25, 0.3) is 0 Å². The molecule has 1 fully saturated rings. The minimum atomic E-state index is -0.0999. The van der Waals surface area contributed by atoms with Crippen molar-refractivity contribution in [2.45, 2.75) is 25.7 Å². The van der Waals surface area contributed by atoms with E-state index in [9.17, 15) is 9.59 Å². The fraction of sp³-hybridized carbons (Fsp3) is 0.500. The van der Waals surface area contributed by atoms with E-state index in [2.05, 4.69) is 11.9 Å². The number of anilines is 1. The number of carbonyl (C=O) groups excluding carboxylic acids is 2. The highest BCUT2D eigenvalue weighted by Gasteiger charge is 2.23. The molecule has 0 unspecified atom stereocenters. The van der Waals surface area contributed by atoms with Gasteiger partial charge in [0.15, 0.2) is 0 Å². The van der Waals surface area contributed by atoms with E-state index < -0.39 is 0 Å². The highest BCUT2D eigenvalue weighted by atomic mass is 16.5. The van der Waals surface area contributed by atoms with Crippen LogP contribution >= 0.6 is 0 Å². The van der Waals surface area contributed by atoms with Crippen LogP contribution in [0.15, 0.2) is 36.5 Å². The van der Waals surface area contributed by atoms with Gasteiger partial charge >= 0.3 is 0 Å². The van der Waals surface area contributed by atoms with E-state index in [1.165, 1.54) is 0 Å². The van der Waals surface area contributed by atoms with Crippen molar-refractivity contribution in [2.75, 3.05) is 44.8 Å². The summed E-state index contributed by atoms with van der Waals surface area (Å²) in [6.07, 6.45) is 2.34. The quantitative estimate of drug-likeness (QED) is 0.542. The summed E-state index contributed by atoms with van der Waals surface area (Å²) < 4.78 is 10.5. The van der Waals surface area contributed by atoms with Crippen LogP contribution in [0, 0.1) is 0 Å². The van der Waals surface area contributed by atoms with Crippen LogP contribution in [0.4, 0.5) is 5.69 Å². The lowest BCUT2D eigenvalue weighted by Crippen LogP contribution is -2.39. The van der Waals surface area contributed by atoms with Gasteiger partial charge in [-0.3, -0.25) is 9.59 Å². The summed E-state index contributed by atoms with van der Waals surface area (Å²) in [6, 6.07) is 7.56. The molecule has 0 bridgehead atoms. The van der Waals surface area contributed by atoms with E-state index in [-0.39, 0.29) is 18.2 Å². The molecule has 7 heteroatoms. The van der Waals surface area contributed by atoms with Crippen LogP contribution < -0.4 is 11.1 Å². The smallest absolute Gasteiger partial charge is 0.227 e. The summed E-state index contributed by atoms with van der Waals surface area (Å²) in [5.41, 5.74) is 8.01. The number of likely N-dealkylation sites (tertiary alicyclic amines) is 1. The predicted molar refractivity (Wildman–Crippen MR) is 104 cm³/mol. The number of nitrogens with one attached hydrogen (secondary N) is 1. The van der Waals surface area contributed by atoms with E-state index in [1.54, 1.807) is 4.90 Å². The normalized spacial score (nSPS) is 13.4. The van der Waals surface area contributed by atoms with Crippen molar-refractivity contribution in [3.63, 3.8) is 0 Å². The van der Waals surface area contributed by atoms with E-state index in [0.717, 1.165) is 29.9 Å². The molecule has 3 N–H and O–H groups in total. The third-order valence-electron chi connectivity index (χ3n) is 4.28. The van der Waals surface area contributed by atoms with Crippen molar-refractivity contribution in [2.24, 2.45) is 5.73 Å². The fourth-order valence-corrected chi connectivity index (χ4v) is 2.62. The number of aryl methyl sites for hydroxylation is 1. The zero-order chi connectivity index (χ0) is 19.5. The Morgan fingerprint density at radius 2 is 1.78 bits per heavy atom. The summed E-state index contributed by atoms with van der Waals surface area (Å²) in [6.45, 7) is 6.92. The molecule has 0 aliphatic carbocycles. The molecule has 0 radical (unpaired) electrons. The van der Waals surface area contributed by atoms with Gasteiger partial charge in [-0.25, -0.2) is 0 Å². The number of rotatable bonds is 12. The molecule has 0 saturated carbocycles. The first kappa shape index (κ1) is 21.1. The maximum absolute atomic E-state index is 12.0. The zero-order valence-corrected chi connectivity index (χ0v) is 15.7. The molecule has 1 saturated heterocycles. The standard InChI is InChI=1S/C20H29N3O4/c1-16-8-11-23(16)20(25)7-4-17-2-5-18(6-3-17)22-19(24)9-12-26-14-15-27-13-10-21/h2-3,5-6H,1,4,7-15,21H2,(H,22,24). The van der Waals surface area contributed by atoms with E-state index in [4.69, 9.17) is 15.2 Å². The second-order valence-electron chi connectivity index (χ2n) is 6.37. The molecule has 1 aliphatic heterocycles. The van der Waals surface area contributed by atoms with Gasteiger partial charge in [0.2, 0.25) is 11.8 Å². The van der Waals surface area contributed by atoms with Gasteiger partial charge < -0.3 is 25.4 Å². The Labute approximate surface area is 160 Å². The maximum Gasteiger partial charge on any atom is 0.227 e. The van der Waals surface area contributed by atoms with Gasteiger partial charge in [0.05, 0.1) is 32.8 Å². The molecule has 0 aromatic heterocycles. The van der Waals surface area contributed by atoms with Crippen LogP contribution in [0.2, 0.25) is 0 Å².